The van der Waals surface area contributed by atoms with Gasteiger partial charge in [-0.3, -0.25) is 4.79 Å². The first-order chi connectivity index (χ1) is 7.93. The Morgan fingerprint density at radius 1 is 1.59 bits per heavy atom. The Balaban J connectivity index is 2.18. The summed E-state index contributed by atoms with van der Waals surface area (Å²) >= 11 is 0. The largest absolute Gasteiger partial charge is 0.454 e. The van der Waals surface area contributed by atoms with Gasteiger partial charge in [0.25, 0.3) is 5.78 Å². The number of carbonyl (C=O) groups excluding carboxylic acids is 1. The summed E-state index contributed by atoms with van der Waals surface area (Å²) in [4.78, 5) is 12.9. The summed E-state index contributed by atoms with van der Waals surface area (Å²) in [6.07, 6.45) is -2.23. The van der Waals surface area contributed by atoms with Gasteiger partial charge in [-0.1, -0.05) is 6.92 Å². The highest BCUT2D eigenvalue weighted by Crippen LogP contribution is 2.33. The van der Waals surface area contributed by atoms with Crippen LogP contribution in [0.3, 0.4) is 0 Å². The number of rotatable bonds is 2. The van der Waals surface area contributed by atoms with Crippen LogP contribution in [0.1, 0.15) is 26.2 Å². The third kappa shape index (κ3) is 2.31. The Morgan fingerprint density at radius 3 is 2.88 bits per heavy atom. The van der Waals surface area contributed by atoms with Gasteiger partial charge >= 0.3 is 6.18 Å². The molecule has 2 aliphatic rings. The second kappa shape index (κ2) is 4.33. The number of alkyl halides is 3. The van der Waals surface area contributed by atoms with Gasteiger partial charge < -0.3 is 9.64 Å². The van der Waals surface area contributed by atoms with Crippen molar-refractivity contribution in [2.75, 3.05) is 6.61 Å². The zero-order valence-corrected chi connectivity index (χ0v) is 9.46. The number of hydrogen-bond donors (Lipinski definition) is 0. The zero-order chi connectivity index (χ0) is 12.6. The molecular formula is C11H14F3NO2. The lowest BCUT2D eigenvalue weighted by Gasteiger charge is -2.31. The van der Waals surface area contributed by atoms with Crippen molar-refractivity contribution in [3.05, 3.63) is 11.8 Å². The number of carbonyl (C=O) groups is 1. The molecule has 0 aromatic heterocycles. The molecular weight excluding hydrogens is 235 g/mol. The Kier molecular flexibility index (Phi) is 3.16. The number of fused-ring (bicyclic) bond motifs is 1. The van der Waals surface area contributed by atoms with Gasteiger partial charge in [0.1, 0.15) is 6.23 Å². The van der Waals surface area contributed by atoms with Crippen molar-refractivity contribution < 1.29 is 22.7 Å². The monoisotopic (exact) mass is 249 g/mol. The van der Waals surface area contributed by atoms with E-state index in [2.05, 4.69) is 0 Å². The molecule has 2 heterocycles. The predicted molar refractivity (Wildman–Crippen MR) is 54.0 cm³/mol. The first-order valence-corrected chi connectivity index (χ1v) is 5.64. The van der Waals surface area contributed by atoms with E-state index < -0.39 is 12.0 Å². The normalized spacial score (nSPS) is 28.9. The Labute approximate surface area is 97.2 Å². The first-order valence-electron chi connectivity index (χ1n) is 5.64. The van der Waals surface area contributed by atoms with E-state index in [1.807, 2.05) is 6.92 Å². The van der Waals surface area contributed by atoms with Crippen molar-refractivity contribution in [1.82, 2.24) is 4.90 Å². The van der Waals surface area contributed by atoms with E-state index >= 15 is 0 Å². The quantitative estimate of drug-likeness (QED) is 0.751. The van der Waals surface area contributed by atoms with Crippen LogP contribution in [0.25, 0.3) is 0 Å². The van der Waals surface area contributed by atoms with E-state index in [9.17, 15) is 18.0 Å². The summed E-state index contributed by atoms with van der Waals surface area (Å²) < 4.78 is 42.4. The fourth-order valence-electron chi connectivity index (χ4n) is 2.26. The maximum atomic E-state index is 12.3. The molecule has 1 saturated heterocycles. The predicted octanol–water partition coefficient (Wildman–Crippen LogP) is 2.23. The number of hydrogen-bond acceptors (Lipinski definition) is 3. The first kappa shape index (κ1) is 12.4. The molecule has 2 atom stereocenters. The second-order valence-electron chi connectivity index (χ2n) is 4.32. The molecule has 0 bridgehead atoms. The molecule has 2 aliphatic heterocycles. The molecule has 96 valence electrons. The van der Waals surface area contributed by atoms with E-state index in [1.54, 1.807) is 4.90 Å². The van der Waals surface area contributed by atoms with Crippen molar-refractivity contribution in [1.29, 1.82) is 0 Å². The fraction of sp³-hybridized carbons (Fsp3) is 0.727. The molecule has 0 radical (unpaired) electrons. The molecule has 0 N–H and O–H groups in total. The van der Waals surface area contributed by atoms with Gasteiger partial charge in [-0.25, -0.2) is 0 Å². The van der Waals surface area contributed by atoms with Crippen LogP contribution in [0, 0.1) is 0 Å². The molecule has 1 unspecified atom stereocenters. The summed E-state index contributed by atoms with van der Waals surface area (Å²) in [6.45, 7) is 2.47. The maximum absolute atomic E-state index is 12.3. The van der Waals surface area contributed by atoms with Gasteiger partial charge in [-0.2, -0.15) is 13.2 Å². The average Bonchev–Trinajstić information content (AvgIpc) is 2.68. The third-order valence-corrected chi connectivity index (χ3v) is 3.22. The standard InChI is InChI=1S/C11H14F3NO2/c1-2-8-6-17-9-4-3-7(5-15(8)9)10(16)11(12,13)14/h5,8-9H,2-4,6H2,1H3/t8-,9?/m1/s1. The molecule has 17 heavy (non-hydrogen) atoms. The van der Waals surface area contributed by atoms with Crippen LogP contribution in [-0.2, 0) is 9.53 Å². The summed E-state index contributed by atoms with van der Waals surface area (Å²) in [6, 6.07) is 0.0799. The summed E-state index contributed by atoms with van der Waals surface area (Å²) in [5, 5.41) is 0. The van der Waals surface area contributed by atoms with E-state index in [4.69, 9.17) is 4.74 Å². The van der Waals surface area contributed by atoms with Crippen molar-refractivity contribution >= 4 is 5.78 Å². The highest BCUT2D eigenvalue weighted by molar-refractivity contribution is 5.99. The Morgan fingerprint density at radius 2 is 2.29 bits per heavy atom. The smallest absolute Gasteiger partial charge is 0.356 e. The van der Waals surface area contributed by atoms with Crippen molar-refractivity contribution in [3.63, 3.8) is 0 Å². The molecule has 0 spiro atoms. The molecule has 0 amide bonds. The third-order valence-electron chi connectivity index (χ3n) is 3.22. The molecule has 2 rings (SSSR count). The highest BCUT2D eigenvalue weighted by Gasteiger charge is 2.43. The van der Waals surface area contributed by atoms with Gasteiger partial charge in [-0.15, -0.1) is 0 Å². The zero-order valence-electron chi connectivity index (χ0n) is 9.46. The molecule has 0 aliphatic carbocycles. The topological polar surface area (TPSA) is 29.5 Å². The minimum Gasteiger partial charge on any atom is -0.356 e. The van der Waals surface area contributed by atoms with Crippen molar-refractivity contribution in [2.45, 2.75) is 44.6 Å². The van der Waals surface area contributed by atoms with Crippen LogP contribution in [0.5, 0.6) is 0 Å². The number of ketones is 1. The van der Waals surface area contributed by atoms with Crippen molar-refractivity contribution in [3.8, 4) is 0 Å². The fourth-order valence-corrected chi connectivity index (χ4v) is 2.26. The second-order valence-corrected chi connectivity index (χ2v) is 4.32. The van der Waals surface area contributed by atoms with Crippen LogP contribution < -0.4 is 0 Å². The van der Waals surface area contributed by atoms with Gasteiger partial charge in [0, 0.05) is 11.8 Å². The van der Waals surface area contributed by atoms with Crippen LogP contribution in [-0.4, -0.2) is 35.7 Å². The molecule has 6 heteroatoms. The Bertz CT molecular complexity index is 351. The van der Waals surface area contributed by atoms with Crippen LogP contribution in [0.15, 0.2) is 11.8 Å². The lowest BCUT2D eigenvalue weighted by atomic mass is 10.0. The summed E-state index contributed by atoms with van der Waals surface area (Å²) in [7, 11) is 0. The van der Waals surface area contributed by atoms with E-state index in [1.165, 1.54) is 6.20 Å². The summed E-state index contributed by atoms with van der Waals surface area (Å²) in [5.41, 5.74) is -0.155. The van der Waals surface area contributed by atoms with Gasteiger partial charge in [0.15, 0.2) is 0 Å². The molecule has 0 aromatic carbocycles. The van der Waals surface area contributed by atoms with E-state index in [0.29, 0.717) is 13.0 Å². The molecule has 0 saturated carbocycles. The highest BCUT2D eigenvalue weighted by atomic mass is 19.4. The lowest BCUT2D eigenvalue weighted by Crippen LogP contribution is -2.37. The van der Waals surface area contributed by atoms with E-state index in [0.717, 1.165) is 6.42 Å². The minimum atomic E-state index is -4.78. The molecule has 3 nitrogen and oxygen atoms in total. The van der Waals surface area contributed by atoms with Crippen molar-refractivity contribution in [2.24, 2.45) is 0 Å². The number of allylic oxidation sites excluding steroid dienone is 1. The van der Waals surface area contributed by atoms with Gasteiger partial charge in [0.05, 0.1) is 12.6 Å². The lowest BCUT2D eigenvalue weighted by molar-refractivity contribution is -0.167. The Hall–Kier alpha value is -1.04. The number of halogens is 3. The van der Waals surface area contributed by atoms with Crippen LogP contribution in [0.2, 0.25) is 0 Å². The van der Waals surface area contributed by atoms with Gasteiger partial charge in [-0.05, 0) is 19.3 Å². The van der Waals surface area contributed by atoms with E-state index in [-0.39, 0.29) is 24.3 Å². The van der Waals surface area contributed by atoms with Crippen LogP contribution >= 0.6 is 0 Å². The maximum Gasteiger partial charge on any atom is 0.454 e. The number of Topliss-reactive ketones (excluding diaryl/α,β-unsaturated/α-hetero) is 1. The summed E-state index contributed by atoms with van der Waals surface area (Å²) in [5.74, 6) is -1.72. The SMILES string of the molecule is CC[C@@H]1COC2CCC(C(=O)C(F)(F)F)=CN21. The van der Waals surface area contributed by atoms with Gasteiger partial charge in [0.2, 0.25) is 0 Å². The molecule has 0 aromatic rings. The average molecular weight is 249 g/mol. The minimum absolute atomic E-state index is 0.0799. The molecule has 1 fully saturated rings. The number of nitrogens with zero attached hydrogens (tertiary/aromatic N) is 1. The number of ether oxygens (including phenoxy) is 1. The van der Waals surface area contributed by atoms with Crippen LogP contribution in [0.4, 0.5) is 13.2 Å².